The van der Waals surface area contributed by atoms with Crippen molar-refractivity contribution in [1.82, 2.24) is 0 Å². The minimum Gasteiger partial charge on any atom is -0.389 e. The van der Waals surface area contributed by atoms with Crippen molar-refractivity contribution >= 4 is 10.4 Å². The van der Waals surface area contributed by atoms with Gasteiger partial charge >= 0.3 is 10.4 Å². The minimum atomic E-state index is -4.30. The first-order valence-corrected chi connectivity index (χ1v) is 10.1. The Bertz CT molecular complexity index is 466. The molecule has 0 aliphatic heterocycles. The highest BCUT2D eigenvalue weighted by Gasteiger charge is 2.02. The third kappa shape index (κ3) is 19.1. The Balaban J connectivity index is 3.56. The fourth-order valence-electron chi connectivity index (χ4n) is 2.02. The van der Waals surface area contributed by atoms with Gasteiger partial charge in [0.15, 0.2) is 0 Å². The van der Waals surface area contributed by atoms with Crippen LogP contribution in [-0.2, 0) is 14.6 Å². The molecule has 0 aliphatic carbocycles. The maximum atomic E-state index is 10.3. The normalized spacial score (nSPS) is 14.3. The van der Waals surface area contributed by atoms with Gasteiger partial charge in [-0.2, -0.15) is 8.42 Å². The number of rotatable bonds is 15. The van der Waals surface area contributed by atoms with Crippen LogP contribution in [0.15, 0.2) is 36.5 Å². The lowest BCUT2D eigenvalue weighted by Gasteiger charge is -2.00. The van der Waals surface area contributed by atoms with E-state index in [1.165, 1.54) is 19.3 Å². The summed E-state index contributed by atoms with van der Waals surface area (Å²) in [4.78, 5) is 0. The summed E-state index contributed by atoms with van der Waals surface area (Å²) in [6.07, 6.45) is 19.9. The molecule has 0 rings (SSSR count). The quantitative estimate of drug-likeness (QED) is 0.196. The van der Waals surface area contributed by atoms with E-state index in [0.717, 1.165) is 25.7 Å². The minimum absolute atomic E-state index is 0.0145. The van der Waals surface area contributed by atoms with Crippen molar-refractivity contribution in [3.8, 4) is 0 Å². The molecule has 0 aliphatic rings. The van der Waals surface area contributed by atoms with Gasteiger partial charge in [0, 0.05) is 0 Å². The Morgan fingerprint density at radius 1 is 0.958 bits per heavy atom. The first-order chi connectivity index (χ1) is 11.5. The van der Waals surface area contributed by atoms with Gasteiger partial charge in [-0.05, 0) is 38.5 Å². The molecule has 24 heavy (non-hydrogen) atoms. The molecule has 0 amide bonds. The average molecular weight is 361 g/mol. The topological polar surface area (TPSA) is 83.8 Å². The molecule has 0 saturated carbocycles. The Morgan fingerprint density at radius 3 is 2.38 bits per heavy atom. The van der Waals surface area contributed by atoms with Gasteiger partial charge < -0.3 is 5.11 Å². The summed E-state index contributed by atoms with van der Waals surface area (Å²) < 4.78 is 33.2. The van der Waals surface area contributed by atoms with Crippen LogP contribution in [0.1, 0.15) is 64.7 Å². The molecule has 5 nitrogen and oxygen atoms in total. The van der Waals surface area contributed by atoms with E-state index in [2.05, 4.69) is 17.2 Å². The second kappa shape index (κ2) is 15.6. The van der Waals surface area contributed by atoms with Crippen molar-refractivity contribution in [3.05, 3.63) is 36.5 Å². The van der Waals surface area contributed by atoms with E-state index >= 15 is 0 Å². The Kier molecular flexibility index (Phi) is 15.0. The zero-order valence-corrected chi connectivity index (χ0v) is 15.5. The average Bonchev–Trinajstić information content (AvgIpc) is 2.51. The van der Waals surface area contributed by atoms with Crippen LogP contribution >= 0.6 is 0 Å². The molecule has 0 unspecified atom stereocenters. The number of hydrogen-bond acceptors (Lipinski definition) is 4. The third-order valence-corrected chi connectivity index (χ3v) is 3.81. The third-order valence-electron chi connectivity index (χ3n) is 3.35. The summed E-state index contributed by atoms with van der Waals surface area (Å²) in [5.41, 5.74) is 0. The van der Waals surface area contributed by atoms with Crippen LogP contribution in [0.3, 0.4) is 0 Å². The van der Waals surface area contributed by atoms with Gasteiger partial charge in [-0.1, -0.05) is 62.6 Å². The van der Waals surface area contributed by atoms with Gasteiger partial charge in [-0.25, -0.2) is 4.18 Å². The van der Waals surface area contributed by atoms with E-state index in [1.807, 2.05) is 24.3 Å². The predicted molar refractivity (Wildman–Crippen MR) is 98.2 cm³/mol. The van der Waals surface area contributed by atoms with Gasteiger partial charge in [0.05, 0.1) is 12.7 Å². The monoisotopic (exact) mass is 360 g/mol. The van der Waals surface area contributed by atoms with Gasteiger partial charge in [0.1, 0.15) is 0 Å². The SMILES string of the molecule is CCCCC/C=C\C[C@H](O)/C=C/C=C\CCCCCOS(=O)(=O)O. The molecule has 0 spiro atoms. The van der Waals surface area contributed by atoms with Crippen molar-refractivity contribution in [3.63, 3.8) is 0 Å². The van der Waals surface area contributed by atoms with Crippen molar-refractivity contribution in [2.75, 3.05) is 6.61 Å². The van der Waals surface area contributed by atoms with Crippen LogP contribution in [0, 0.1) is 0 Å². The maximum absolute atomic E-state index is 10.3. The molecule has 0 radical (unpaired) electrons. The summed E-state index contributed by atoms with van der Waals surface area (Å²) in [5, 5.41) is 9.76. The highest BCUT2D eigenvalue weighted by atomic mass is 32.3. The van der Waals surface area contributed by atoms with Gasteiger partial charge in [0.2, 0.25) is 0 Å². The van der Waals surface area contributed by atoms with E-state index in [-0.39, 0.29) is 6.61 Å². The fourth-order valence-corrected chi connectivity index (χ4v) is 2.35. The lowest BCUT2D eigenvalue weighted by Crippen LogP contribution is -2.04. The Morgan fingerprint density at radius 2 is 1.67 bits per heavy atom. The summed E-state index contributed by atoms with van der Waals surface area (Å²) in [6, 6.07) is 0. The molecule has 0 aromatic carbocycles. The van der Waals surface area contributed by atoms with Gasteiger partial charge in [-0.15, -0.1) is 0 Å². The van der Waals surface area contributed by atoms with Crippen LogP contribution in [0.2, 0.25) is 0 Å². The van der Waals surface area contributed by atoms with E-state index in [0.29, 0.717) is 12.8 Å². The molecular weight excluding hydrogens is 328 g/mol. The van der Waals surface area contributed by atoms with Crippen LogP contribution in [-0.4, -0.2) is 30.8 Å². The van der Waals surface area contributed by atoms with E-state index in [4.69, 9.17) is 4.55 Å². The smallest absolute Gasteiger partial charge is 0.389 e. The van der Waals surface area contributed by atoms with Crippen LogP contribution in [0.5, 0.6) is 0 Å². The Hall–Kier alpha value is -0.950. The Labute approximate surface area is 147 Å². The van der Waals surface area contributed by atoms with E-state index in [1.54, 1.807) is 6.08 Å². The van der Waals surface area contributed by atoms with Crippen molar-refractivity contribution < 1.29 is 22.3 Å². The molecular formula is C18H32O5S. The second-order valence-corrected chi connectivity index (χ2v) is 6.77. The molecule has 0 fully saturated rings. The van der Waals surface area contributed by atoms with Crippen molar-refractivity contribution in [2.45, 2.75) is 70.8 Å². The molecule has 0 aromatic rings. The van der Waals surface area contributed by atoms with Crippen LogP contribution in [0.4, 0.5) is 0 Å². The first-order valence-electron chi connectivity index (χ1n) is 8.74. The maximum Gasteiger partial charge on any atom is 0.397 e. The number of hydrogen-bond donors (Lipinski definition) is 2. The molecule has 1 atom stereocenters. The van der Waals surface area contributed by atoms with Gasteiger partial charge in [0.25, 0.3) is 0 Å². The molecule has 2 N–H and O–H groups in total. The van der Waals surface area contributed by atoms with Crippen LogP contribution in [0.25, 0.3) is 0 Å². The second-order valence-electron chi connectivity index (χ2n) is 5.68. The number of allylic oxidation sites excluding steroid dienone is 4. The summed E-state index contributed by atoms with van der Waals surface area (Å²) >= 11 is 0. The number of aliphatic hydroxyl groups excluding tert-OH is 1. The number of unbranched alkanes of at least 4 members (excludes halogenated alkanes) is 6. The number of aliphatic hydroxyl groups is 1. The molecule has 140 valence electrons. The molecule has 6 heteroatoms. The van der Waals surface area contributed by atoms with E-state index in [9.17, 15) is 13.5 Å². The molecule has 0 aromatic heterocycles. The molecule has 0 bridgehead atoms. The zero-order valence-electron chi connectivity index (χ0n) is 14.6. The summed E-state index contributed by atoms with van der Waals surface area (Å²) in [7, 11) is -4.30. The van der Waals surface area contributed by atoms with Crippen molar-refractivity contribution in [1.29, 1.82) is 0 Å². The van der Waals surface area contributed by atoms with Crippen molar-refractivity contribution in [2.24, 2.45) is 0 Å². The van der Waals surface area contributed by atoms with E-state index < -0.39 is 16.5 Å². The highest BCUT2D eigenvalue weighted by Crippen LogP contribution is 2.04. The fraction of sp³-hybridized carbons (Fsp3) is 0.667. The highest BCUT2D eigenvalue weighted by molar-refractivity contribution is 7.80. The largest absolute Gasteiger partial charge is 0.397 e. The van der Waals surface area contributed by atoms with Crippen LogP contribution < -0.4 is 0 Å². The summed E-state index contributed by atoms with van der Waals surface area (Å²) in [5.74, 6) is 0. The zero-order chi connectivity index (χ0) is 18.1. The lowest BCUT2D eigenvalue weighted by atomic mass is 10.1. The van der Waals surface area contributed by atoms with Gasteiger partial charge in [-0.3, -0.25) is 4.55 Å². The molecule has 0 saturated heterocycles. The lowest BCUT2D eigenvalue weighted by molar-refractivity contribution is 0.227. The first kappa shape index (κ1) is 23.1. The summed E-state index contributed by atoms with van der Waals surface area (Å²) in [6.45, 7) is 2.20. The molecule has 0 heterocycles. The standard InChI is InChI=1S/C18H32O5S/c1-2-3-4-5-9-12-15-18(19)16-13-10-7-6-8-11-14-17-23-24(20,21)22/h7,9-10,12-13,16,18-19H,2-6,8,11,14-15,17H2,1H3,(H,20,21,22)/b10-7-,12-9-,16-13+/t18-/m0/s1. The predicted octanol–water partition coefficient (Wildman–Crippen LogP) is 4.37.